The summed E-state index contributed by atoms with van der Waals surface area (Å²) in [6, 6.07) is 0. The van der Waals surface area contributed by atoms with Gasteiger partial charge in [-0.05, 0) is 25.8 Å². The van der Waals surface area contributed by atoms with Crippen molar-refractivity contribution in [2.45, 2.75) is 45.1 Å². The first kappa shape index (κ1) is 12.5. The summed E-state index contributed by atoms with van der Waals surface area (Å²) in [7, 11) is 0. The van der Waals surface area contributed by atoms with E-state index in [2.05, 4.69) is 30.0 Å². The van der Waals surface area contributed by atoms with Gasteiger partial charge in [-0.3, -0.25) is 0 Å². The van der Waals surface area contributed by atoms with Crippen molar-refractivity contribution in [3.8, 4) is 12.3 Å². The topological polar surface area (TPSA) is 15.3 Å². The fourth-order valence-electron chi connectivity index (χ4n) is 2.36. The lowest BCUT2D eigenvalue weighted by atomic mass is 9.90. The molecule has 0 unspecified atom stereocenters. The minimum Gasteiger partial charge on any atom is -0.309 e. The van der Waals surface area contributed by atoms with Crippen LogP contribution in [0.4, 0.5) is 0 Å². The second-order valence-corrected chi connectivity index (χ2v) is 4.50. The van der Waals surface area contributed by atoms with Crippen LogP contribution < -0.4 is 5.32 Å². The highest BCUT2D eigenvalue weighted by Gasteiger charge is 2.31. The van der Waals surface area contributed by atoms with Crippen LogP contribution in [0.2, 0.25) is 0 Å². The van der Waals surface area contributed by atoms with Gasteiger partial charge in [-0.15, -0.1) is 12.3 Å². The predicted octanol–water partition coefficient (Wildman–Crippen LogP) is 1.86. The van der Waals surface area contributed by atoms with Gasteiger partial charge in [0, 0.05) is 31.6 Å². The molecule has 0 atom stereocenters. The van der Waals surface area contributed by atoms with Crippen molar-refractivity contribution in [2.24, 2.45) is 0 Å². The van der Waals surface area contributed by atoms with Crippen LogP contribution in [-0.2, 0) is 0 Å². The van der Waals surface area contributed by atoms with E-state index in [-0.39, 0.29) is 0 Å². The van der Waals surface area contributed by atoms with E-state index in [1.807, 2.05) is 0 Å². The first-order valence-electron chi connectivity index (χ1n) is 6.17. The fraction of sp³-hybridized carbons (Fsp3) is 0.846. The summed E-state index contributed by atoms with van der Waals surface area (Å²) in [5, 5.41) is 3.67. The highest BCUT2D eigenvalue weighted by molar-refractivity contribution is 4.93. The van der Waals surface area contributed by atoms with E-state index in [4.69, 9.17) is 6.42 Å². The van der Waals surface area contributed by atoms with Crippen molar-refractivity contribution in [3.63, 3.8) is 0 Å². The molecule has 1 saturated heterocycles. The van der Waals surface area contributed by atoms with Crippen LogP contribution >= 0.6 is 0 Å². The van der Waals surface area contributed by atoms with Crippen molar-refractivity contribution >= 4 is 0 Å². The Morgan fingerprint density at radius 1 is 1.40 bits per heavy atom. The maximum Gasteiger partial charge on any atom is 0.0304 e. The van der Waals surface area contributed by atoms with Crippen molar-refractivity contribution in [3.05, 3.63) is 0 Å². The van der Waals surface area contributed by atoms with Gasteiger partial charge in [-0.2, -0.15) is 0 Å². The Bertz CT molecular complexity index is 213. The zero-order chi connectivity index (χ0) is 11.1. The van der Waals surface area contributed by atoms with Gasteiger partial charge in [0.25, 0.3) is 0 Å². The van der Waals surface area contributed by atoms with E-state index in [0.717, 1.165) is 25.9 Å². The molecule has 1 heterocycles. The molecule has 0 bridgehead atoms. The second kappa shape index (κ2) is 6.15. The Morgan fingerprint density at radius 2 is 2.13 bits per heavy atom. The molecule has 1 N–H and O–H groups in total. The van der Waals surface area contributed by atoms with Gasteiger partial charge in [0.1, 0.15) is 0 Å². The standard InChI is InChI=1S/C13H24N2/c1-4-7-8-10-15-11-9-14-13(5-2,6-3)12-15/h1,14H,5-12H2,2-3H3. The third-order valence-electron chi connectivity index (χ3n) is 3.60. The Hall–Kier alpha value is -0.520. The van der Waals surface area contributed by atoms with Gasteiger partial charge < -0.3 is 10.2 Å². The zero-order valence-corrected chi connectivity index (χ0v) is 10.2. The molecule has 0 radical (unpaired) electrons. The van der Waals surface area contributed by atoms with E-state index >= 15 is 0 Å². The van der Waals surface area contributed by atoms with Gasteiger partial charge >= 0.3 is 0 Å². The molecule has 0 spiro atoms. The number of hydrogen-bond acceptors (Lipinski definition) is 2. The summed E-state index contributed by atoms with van der Waals surface area (Å²) in [4.78, 5) is 2.56. The molecule has 1 aliphatic rings. The van der Waals surface area contributed by atoms with Crippen LogP contribution in [0.15, 0.2) is 0 Å². The van der Waals surface area contributed by atoms with E-state index in [1.54, 1.807) is 0 Å². The van der Waals surface area contributed by atoms with Gasteiger partial charge in [-0.25, -0.2) is 0 Å². The molecular weight excluding hydrogens is 184 g/mol. The van der Waals surface area contributed by atoms with Crippen LogP contribution in [0, 0.1) is 12.3 Å². The van der Waals surface area contributed by atoms with Crippen LogP contribution in [0.1, 0.15) is 39.5 Å². The molecule has 1 fully saturated rings. The Balaban J connectivity index is 2.38. The monoisotopic (exact) mass is 208 g/mol. The summed E-state index contributed by atoms with van der Waals surface area (Å²) in [5.41, 5.74) is 0.356. The Kier molecular flexibility index (Phi) is 5.14. The summed E-state index contributed by atoms with van der Waals surface area (Å²) in [5.74, 6) is 2.71. The summed E-state index contributed by atoms with van der Waals surface area (Å²) in [6.07, 6.45) is 9.75. The number of terminal acetylenes is 1. The number of unbranched alkanes of at least 4 members (excludes halogenated alkanes) is 1. The number of hydrogen-bond donors (Lipinski definition) is 1. The lowest BCUT2D eigenvalue weighted by molar-refractivity contribution is 0.123. The van der Waals surface area contributed by atoms with Crippen molar-refractivity contribution < 1.29 is 0 Å². The fourth-order valence-corrected chi connectivity index (χ4v) is 2.36. The first-order valence-corrected chi connectivity index (χ1v) is 6.17. The summed E-state index contributed by atoms with van der Waals surface area (Å²) in [6.45, 7) is 9.20. The molecule has 0 saturated carbocycles. The van der Waals surface area contributed by atoms with Crippen LogP contribution in [-0.4, -0.2) is 36.6 Å². The number of nitrogens with zero attached hydrogens (tertiary/aromatic N) is 1. The van der Waals surface area contributed by atoms with Gasteiger partial charge in [-0.1, -0.05) is 13.8 Å². The molecule has 0 aromatic rings. The van der Waals surface area contributed by atoms with Crippen molar-refractivity contribution in [1.82, 2.24) is 10.2 Å². The van der Waals surface area contributed by atoms with Crippen LogP contribution in [0.25, 0.3) is 0 Å². The maximum atomic E-state index is 5.27. The van der Waals surface area contributed by atoms with E-state index in [1.165, 1.54) is 25.9 Å². The molecule has 0 aliphatic carbocycles. The average Bonchev–Trinajstić information content (AvgIpc) is 2.30. The van der Waals surface area contributed by atoms with Crippen LogP contribution in [0.3, 0.4) is 0 Å². The lowest BCUT2D eigenvalue weighted by Crippen LogP contribution is -2.59. The van der Waals surface area contributed by atoms with Gasteiger partial charge in [0.05, 0.1) is 0 Å². The summed E-state index contributed by atoms with van der Waals surface area (Å²) >= 11 is 0. The molecule has 2 nitrogen and oxygen atoms in total. The summed E-state index contributed by atoms with van der Waals surface area (Å²) < 4.78 is 0. The molecule has 86 valence electrons. The molecule has 2 heteroatoms. The highest BCUT2D eigenvalue weighted by Crippen LogP contribution is 2.19. The van der Waals surface area contributed by atoms with E-state index in [9.17, 15) is 0 Å². The van der Waals surface area contributed by atoms with Crippen LogP contribution in [0.5, 0.6) is 0 Å². The number of nitrogens with one attached hydrogen (secondary N) is 1. The lowest BCUT2D eigenvalue weighted by Gasteiger charge is -2.43. The molecule has 15 heavy (non-hydrogen) atoms. The first-order chi connectivity index (χ1) is 7.26. The largest absolute Gasteiger partial charge is 0.309 e. The Labute approximate surface area is 94.4 Å². The number of rotatable bonds is 5. The zero-order valence-electron chi connectivity index (χ0n) is 10.2. The molecule has 0 amide bonds. The van der Waals surface area contributed by atoms with Gasteiger partial charge in [0.2, 0.25) is 0 Å². The third kappa shape index (κ3) is 3.52. The molecular formula is C13H24N2. The molecule has 1 rings (SSSR count). The predicted molar refractivity (Wildman–Crippen MR) is 65.8 cm³/mol. The SMILES string of the molecule is C#CCCCN1CCNC(CC)(CC)C1. The van der Waals surface area contributed by atoms with Crippen molar-refractivity contribution in [1.29, 1.82) is 0 Å². The molecule has 0 aromatic carbocycles. The van der Waals surface area contributed by atoms with E-state index < -0.39 is 0 Å². The van der Waals surface area contributed by atoms with Gasteiger partial charge in [0.15, 0.2) is 0 Å². The third-order valence-corrected chi connectivity index (χ3v) is 3.60. The average molecular weight is 208 g/mol. The normalized spacial score (nSPS) is 21.1. The highest BCUT2D eigenvalue weighted by atomic mass is 15.2. The number of piperazine rings is 1. The smallest absolute Gasteiger partial charge is 0.0304 e. The quantitative estimate of drug-likeness (QED) is 0.548. The molecule has 0 aromatic heterocycles. The second-order valence-electron chi connectivity index (χ2n) is 4.50. The minimum atomic E-state index is 0.356. The minimum absolute atomic E-state index is 0.356. The Morgan fingerprint density at radius 3 is 2.73 bits per heavy atom. The van der Waals surface area contributed by atoms with E-state index in [0.29, 0.717) is 5.54 Å². The van der Waals surface area contributed by atoms with Crippen molar-refractivity contribution in [2.75, 3.05) is 26.2 Å². The maximum absolute atomic E-state index is 5.27. The molecule has 1 aliphatic heterocycles.